The Morgan fingerprint density at radius 3 is 2.00 bits per heavy atom. The molecule has 2 nitrogen and oxygen atoms in total. The average molecular weight is 263 g/mol. The zero-order chi connectivity index (χ0) is 14.1. The summed E-state index contributed by atoms with van der Waals surface area (Å²) >= 11 is 0. The van der Waals surface area contributed by atoms with Gasteiger partial charge in [-0.1, -0.05) is 57.0 Å². The zero-order valence-electron chi connectivity index (χ0n) is 12.7. The first-order valence-electron chi connectivity index (χ1n) is 7.67. The van der Waals surface area contributed by atoms with Crippen molar-refractivity contribution in [3.63, 3.8) is 0 Å². The highest BCUT2D eigenvalue weighted by Gasteiger charge is 2.22. The monoisotopic (exact) mass is 263 g/mol. The van der Waals surface area contributed by atoms with E-state index < -0.39 is 6.10 Å². The first-order valence-corrected chi connectivity index (χ1v) is 7.67. The van der Waals surface area contributed by atoms with E-state index in [-0.39, 0.29) is 6.04 Å². The van der Waals surface area contributed by atoms with Gasteiger partial charge in [0.1, 0.15) is 0 Å². The number of nitrogens with zero attached hydrogens (tertiary/aromatic N) is 1. The van der Waals surface area contributed by atoms with Crippen molar-refractivity contribution in [1.29, 1.82) is 0 Å². The maximum atomic E-state index is 10.5. The quantitative estimate of drug-likeness (QED) is 0.727. The van der Waals surface area contributed by atoms with Crippen LogP contribution >= 0.6 is 0 Å². The van der Waals surface area contributed by atoms with Gasteiger partial charge in [-0.25, -0.2) is 0 Å². The van der Waals surface area contributed by atoms with Crippen LogP contribution in [0.4, 0.5) is 0 Å². The van der Waals surface area contributed by atoms with Crippen LogP contribution < -0.4 is 0 Å². The molecule has 0 radical (unpaired) electrons. The third kappa shape index (κ3) is 5.33. The molecule has 1 N–H and O–H groups in total. The van der Waals surface area contributed by atoms with Gasteiger partial charge in [0.15, 0.2) is 0 Å². The molecule has 0 aliphatic carbocycles. The SMILES string of the molecule is CCCCN(CCCC)C(C)C(O)c1ccccc1. The van der Waals surface area contributed by atoms with Crippen LogP contribution in [0.5, 0.6) is 0 Å². The van der Waals surface area contributed by atoms with Crippen LogP contribution in [-0.2, 0) is 0 Å². The molecule has 2 heteroatoms. The van der Waals surface area contributed by atoms with E-state index in [4.69, 9.17) is 0 Å². The Hall–Kier alpha value is -0.860. The van der Waals surface area contributed by atoms with E-state index in [1.54, 1.807) is 0 Å². The van der Waals surface area contributed by atoms with Gasteiger partial charge in [-0.2, -0.15) is 0 Å². The van der Waals surface area contributed by atoms with Gasteiger partial charge in [-0.3, -0.25) is 4.90 Å². The Labute approximate surface area is 118 Å². The summed E-state index contributed by atoms with van der Waals surface area (Å²) in [6.45, 7) is 8.75. The highest BCUT2D eigenvalue weighted by molar-refractivity contribution is 5.18. The largest absolute Gasteiger partial charge is 0.387 e. The molecule has 0 fully saturated rings. The first-order chi connectivity index (χ1) is 9.20. The van der Waals surface area contributed by atoms with E-state index in [0.29, 0.717) is 0 Å². The number of unbranched alkanes of at least 4 members (excludes halogenated alkanes) is 2. The highest BCUT2D eigenvalue weighted by atomic mass is 16.3. The molecular formula is C17H29NO. The Morgan fingerprint density at radius 1 is 1.00 bits per heavy atom. The molecule has 0 amide bonds. The first kappa shape index (κ1) is 16.2. The third-order valence-electron chi connectivity index (χ3n) is 3.77. The Balaban J connectivity index is 2.65. The maximum Gasteiger partial charge on any atom is 0.0942 e. The summed E-state index contributed by atoms with van der Waals surface area (Å²) < 4.78 is 0. The van der Waals surface area contributed by atoms with Crippen LogP contribution in [0, 0.1) is 0 Å². The lowest BCUT2D eigenvalue weighted by atomic mass is 10.0. The normalized spacial score (nSPS) is 14.6. The number of aliphatic hydroxyl groups is 1. The topological polar surface area (TPSA) is 23.5 Å². The fourth-order valence-corrected chi connectivity index (χ4v) is 2.37. The molecule has 0 saturated carbocycles. The van der Waals surface area contributed by atoms with E-state index in [9.17, 15) is 5.11 Å². The van der Waals surface area contributed by atoms with E-state index >= 15 is 0 Å². The summed E-state index contributed by atoms with van der Waals surface area (Å²) in [5, 5.41) is 10.5. The molecule has 0 heterocycles. The van der Waals surface area contributed by atoms with E-state index in [0.717, 1.165) is 18.7 Å². The van der Waals surface area contributed by atoms with Crippen LogP contribution in [0.15, 0.2) is 30.3 Å². The van der Waals surface area contributed by atoms with Gasteiger partial charge in [-0.15, -0.1) is 0 Å². The number of benzene rings is 1. The van der Waals surface area contributed by atoms with E-state index in [2.05, 4.69) is 25.7 Å². The van der Waals surface area contributed by atoms with Crippen molar-refractivity contribution in [2.75, 3.05) is 13.1 Å². The molecule has 2 unspecified atom stereocenters. The van der Waals surface area contributed by atoms with Crippen molar-refractivity contribution in [1.82, 2.24) is 4.90 Å². The van der Waals surface area contributed by atoms with Crippen molar-refractivity contribution in [2.24, 2.45) is 0 Å². The van der Waals surface area contributed by atoms with Crippen molar-refractivity contribution in [2.45, 2.75) is 58.6 Å². The fraction of sp³-hybridized carbons (Fsp3) is 0.647. The Morgan fingerprint density at radius 2 is 1.53 bits per heavy atom. The molecule has 108 valence electrons. The number of aliphatic hydroxyl groups excluding tert-OH is 1. The molecule has 1 rings (SSSR count). The van der Waals surface area contributed by atoms with Gasteiger partial charge in [-0.05, 0) is 38.4 Å². The minimum Gasteiger partial charge on any atom is -0.387 e. The molecule has 1 aromatic carbocycles. The van der Waals surface area contributed by atoms with Gasteiger partial charge in [0.05, 0.1) is 6.10 Å². The summed E-state index contributed by atoms with van der Waals surface area (Å²) in [5.74, 6) is 0. The summed E-state index contributed by atoms with van der Waals surface area (Å²) in [7, 11) is 0. The average Bonchev–Trinajstić information content (AvgIpc) is 2.47. The van der Waals surface area contributed by atoms with E-state index in [1.807, 2.05) is 30.3 Å². The van der Waals surface area contributed by atoms with Crippen molar-refractivity contribution < 1.29 is 5.11 Å². The molecule has 19 heavy (non-hydrogen) atoms. The summed E-state index contributed by atoms with van der Waals surface area (Å²) in [6.07, 6.45) is 4.42. The van der Waals surface area contributed by atoms with Gasteiger partial charge in [0.25, 0.3) is 0 Å². The predicted octanol–water partition coefficient (Wildman–Crippen LogP) is 4.01. The Bertz CT molecular complexity index is 317. The summed E-state index contributed by atoms with van der Waals surface area (Å²) in [4.78, 5) is 2.44. The molecule has 1 aromatic rings. The van der Waals surface area contributed by atoms with Gasteiger partial charge in [0, 0.05) is 6.04 Å². The minimum atomic E-state index is -0.394. The second kappa shape index (κ2) is 9.11. The lowest BCUT2D eigenvalue weighted by Gasteiger charge is -2.32. The standard InChI is InChI=1S/C17H29NO/c1-4-6-13-18(14-7-5-2)15(3)17(19)16-11-9-8-10-12-16/h8-12,15,17,19H,4-7,13-14H2,1-3H3. The van der Waals surface area contributed by atoms with E-state index in [1.165, 1.54) is 25.7 Å². The Kier molecular flexibility index (Phi) is 7.76. The van der Waals surface area contributed by atoms with Gasteiger partial charge < -0.3 is 5.11 Å². The summed E-state index contributed by atoms with van der Waals surface area (Å²) in [6, 6.07) is 10.2. The zero-order valence-corrected chi connectivity index (χ0v) is 12.7. The second-order valence-corrected chi connectivity index (χ2v) is 5.34. The molecule has 2 atom stereocenters. The highest BCUT2D eigenvalue weighted by Crippen LogP contribution is 2.21. The lowest BCUT2D eigenvalue weighted by molar-refractivity contribution is 0.0560. The van der Waals surface area contributed by atoms with Gasteiger partial charge in [0.2, 0.25) is 0 Å². The smallest absolute Gasteiger partial charge is 0.0942 e. The van der Waals surface area contributed by atoms with Gasteiger partial charge >= 0.3 is 0 Å². The predicted molar refractivity (Wildman–Crippen MR) is 82.3 cm³/mol. The molecule has 0 aliphatic heterocycles. The third-order valence-corrected chi connectivity index (χ3v) is 3.77. The molecule has 0 saturated heterocycles. The van der Waals surface area contributed by atoms with Crippen LogP contribution in [0.2, 0.25) is 0 Å². The van der Waals surface area contributed by atoms with Crippen molar-refractivity contribution >= 4 is 0 Å². The number of hydrogen-bond acceptors (Lipinski definition) is 2. The molecule has 0 spiro atoms. The van der Waals surface area contributed by atoms with Crippen LogP contribution in [0.25, 0.3) is 0 Å². The maximum absolute atomic E-state index is 10.5. The molecule has 0 aliphatic rings. The number of rotatable bonds is 9. The fourth-order valence-electron chi connectivity index (χ4n) is 2.37. The van der Waals surface area contributed by atoms with Crippen LogP contribution in [0.1, 0.15) is 58.1 Å². The lowest BCUT2D eigenvalue weighted by Crippen LogP contribution is -2.39. The van der Waals surface area contributed by atoms with Crippen molar-refractivity contribution in [3.8, 4) is 0 Å². The molecule has 0 bridgehead atoms. The summed E-state index contributed by atoms with van der Waals surface area (Å²) in [5.41, 5.74) is 1.02. The molecular weight excluding hydrogens is 234 g/mol. The number of hydrogen-bond donors (Lipinski definition) is 1. The second-order valence-electron chi connectivity index (χ2n) is 5.34. The van der Waals surface area contributed by atoms with Crippen LogP contribution in [-0.4, -0.2) is 29.1 Å². The molecule has 0 aromatic heterocycles. The van der Waals surface area contributed by atoms with Crippen LogP contribution in [0.3, 0.4) is 0 Å². The van der Waals surface area contributed by atoms with Crippen molar-refractivity contribution in [3.05, 3.63) is 35.9 Å². The minimum absolute atomic E-state index is 0.181.